The number of imidazole rings is 1. The number of hydrogen-bond donors (Lipinski definition) is 0. The Morgan fingerprint density at radius 2 is 1.94 bits per heavy atom. The lowest BCUT2D eigenvalue weighted by Crippen LogP contribution is -2.29. The zero-order chi connectivity index (χ0) is 11.9. The number of halogens is 2. The predicted octanol–water partition coefficient (Wildman–Crippen LogP) is 2.10. The monoisotopic (exact) mass is 223 g/mol. The van der Waals surface area contributed by atoms with Crippen molar-refractivity contribution in [1.29, 1.82) is 0 Å². The molecule has 0 unspecified atom stereocenters. The first-order chi connectivity index (χ1) is 7.50. The molecule has 2 rings (SSSR count). The molecule has 0 aliphatic rings. The molecule has 0 saturated heterocycles. The van der Waals surface area contributed by atoms with Crippen molar-refractivity contribution in [3.8, 4) is 11.4 Å². The molecule has 1 aromatic heterocycles. The summed E-state index contributed by atoms with van der Waals surface area (Å²) in [7, 11) is 3.66. The van der Waals surface area contributed by atoms with Crippen LogP contribution in [-0.4, -0.2) is 4.57 Å². The van der Waals surface area contributed by atoms with Crippen LogP contribution >= 0.6 is 0 Å². The molecule has 0 N–H and O–H groups in total. The highest BCUT2D eigenvalue weighted by Gasteiger charge is 2.21. The summed E-state index contributed by atoms with van der Waals surface area (Å²) in [6.45, 7) is 1.70. The quantitative estimate of drug-likeness (QED) is 0.655. The van der Waals surface area contributed by atoms with E-state index in [1.807, 2.05) is 35.6 Å². The summed E-state index contributed by atoms with van der Waals surface area (Å²) in [4.78, 5) is 0. The molecule has 16 heavy (non-hydrogen) atoms. The van der Waals surface area contributed by atoms with Crippen LogP contribution < -0.4 is 4.57 Å². The van der Waals surface area contributed by atoms with Crippen LogP contribution in [-0.2, 0) is 14.1 Å². The number of hydrogen-bond acceptors (Lipinski definition) is 0. The first kappa shape index (κ1) is 10.8. The number of nitrogens with zero attached hydrogens (tertiary/aromatic N) is 2. The van der Waals surface area contributed by atoms with Crippen LogP contribution in [0.2, 0.25) is 0 Å². The summed E-state index contributed by atoms with van der Waals surface area (Å²) in [6.07, 6.45) is 3.66. The summed E-state index contributed by atoms with van der Waals surface area (Å²) in [5.41, 5.74) is 1.03. The first-order valence-corrected chi connectivity index (χ1v) is 4.97. The van der Waals surface area contributed by atoms with Crippen LogP contribution in [0.25, 0.3) is 11.4 Å². The second-order valence-corrected chi connectivity index (χ2v) is 3.92. The van der Waals surface area contributed by atoms with Crippen LogP contribution in [0, 0.1) is 18.6 Å². The highest BCUT2D eigenvalue weighted by atomic mass is 19.1. The van der Waals surface area contributed by atoms with Crippen LogP contribution in [0.3, 0.4) is 0 Å². The van der Waals surface area contributed by atoms with E-state index in [-0.39, 0.29) is 0 Å². The van der Waals surface area contributed by atoms with Gasteiger partial charge in [-0.05, 0) is 18.6 Å². The Kier molecular flexibility index (Phi) is 2.50. The van der Waals surface area contributed by atoms with Crippen LogP contribution in [0.5, 0.6) is 0 Å². The van der Waals surface area contributed by atoms with E-state index in [4.69, 9.17) is 0 Å². The van der Waals surface area contributed by atoms with E-state index >= 15 is 0 Å². The number of aryl methyl sites for hydroxylation is 3. The van der Waals surface area contributed by atoms with Gasteiger partial charge in [-0.15, -0.1) is 0 Å². The van der Waals surface area contributed by atoms with Crippen LogP contribution in [0.1, 0.15) is 5.56 Å². The second-order valence-electron chi connectivity index (χ2n) is 3.92. The average molecular weight is 223 g/mol. The summed E-state index contributed by atoms with van der Waals surface area (Å²) in [5, 5.41) is 0. The normalized spacial score (nSPS) is 10.8. The van der Waals surface area contributed by atoms with Gasteiger partial charge >= 0.3 is 0 Å². The molecule has 0 aliphatic carbocycles. The fraction of sp³-hybridized carbons (Fsp3) is 0.250. The average Bonchev–Trinajstić information content (AvgIpc) is 2.47. The molecule has 0 radical (unpaired) electrons. The Labute approximate surface area is 92.8 Å². The summed E-state index contributed by atoms with van der Waals surface area (Å²) < 4.78 is 30.4. The zero-order valence-corrected chi connectivity index (χ0v) is 9.46. The Hall–Kier alpha value is -1.71. The SMILES string of the molecule is Cc1cc(F)cc(F)c1-c1n(C)cc[n+]1C. The summed E-state index contributed by atoms with van der Waals surface area (Å²) in [5.74, 6) is -0.361. The van der Waals surface area contributed by atoms with E-state index in [1.54, 1.807) is 6.92 Å². The van der Waals surface area contributed by atoms with Crippen LogP contribution in [0.15, 0.2) is 24.5 Å². The van der Waals surface area contributed by atoms with Crippen molar-refractivity contribution in [3.63, 3.8) is 0 Å². The van der Waals surface area contributed by atoms with E-state index in [2.05, 4.69) is 0 Å². The van der Waals surface area contributed by atoms with Gasteiger partial charge in [-0.3, -0.25) is 0 Å². The smallest absolute Gasteiger partial charge is 0.233 e. The molecular formula is C12H13F2N2+. The maximum absolute atomic E-state index is 13.8. The van der Waals surface area contributed by atoms with E-state index in [0.29, 0.717) is 11.1 Å². The topological polar surface area (TPSA) is 8.81 Å². The number of aromatic nitrogens is 2. The van der Waals surface area contributed by atoms with E-state index in [0.717, 1.165) is 11.9 Å². The largest absolute Gasteiger partial charge is 0.291 e. The van der Waals surface area contributed by atoms with E-state index in [9.17, 15) is 8.78 Å². The summed E-state index contributed by atoms with van der Waals surface area (Å²) in [6, 6.07) is 2.25. The second kappa shape index (κ2) is 3.70. The third-order valence-electron chi connectivity index (χ3n) is 2.66. The molecule has 0 saturated carbocycles. The van der Waals surface area contributed by atoms with Crippen molar-refractivity contribution >= 4 is 0 Å². The van der Waals surface area contributed by atoms with Crippen molar-refractivity contribution in [2.75, 3.05) is 0 Å². The highest BCUT2D eigenvalue weighted by molar-refractivity contribution is 5.59. The maximum atomic E-state index is 13.8. The minimum absolute atomic E-state index is 0.441. The van der Waals surface area contributed by atoms with Crippen molar-refractivity contribution in [2.24, 2.45) is 14.1 Å². The predicted molar refractivity (Wildman–Crippen MR) is 56.7 cm³/mol. The number of benzene rings is 1. The Bertz CT molecular complexity index is 501. The minimum atomic E-state index is -0.546. The molecule has 1 aromatic carbocycles. The molecule has 84 valence electrons. The molecule has 4 heteroatoms. The Morgan fingerprint density at radius 3 is 2.44 bits per heavy atom. The highest BCUT2D eigenvalue weighted by Crippen LogP contribution is 2.24. The van der Waals surface area contributed by atoms with Crippen LogP contribution in [0.4, 0.5) is 8.78 Å². The van der Waals surface area contributed by atoms with Gasteiger partial charge < -0.3 is 0 Å². The molecule has 2 nitrogen and oxygen atoms in total. The Morgan fingerprint density at radius 1 is 1.25 bits per heavy atom. The molecule has 0 bridgehead atoms. The van der Waals surface area contributed by atoms with Gasteiger partial charge in [0.05, 0.1) is 14.1 Å². The zero-order valence-electron chi connectivity index (χ0n) is 9.46. The molecule has 0 atom stereocenters. The van der Waals surface area contributed by atoms with E-state index < -0.39 is 11.6 Å². The van der Waals surface area contributed by atoms with Gasteiger partial charge in [0.15, 0.2) is 0 Å². The minimum Gasteiger partial charge on any atom is -0.233 e. The van der Waals surface area contributed by atoms with Crippen molar-refractivity contribution in [3.05, 3.63) is 41.7 Å². The fourth-order valence-electron chi connectivity index (χ4n) is 1.93. The van der Waals surface area contributed by atoms with Gasteiger partial charge in [-0.25, -0.2) is 17.9 Å². The van der Waals surface area contributed by atoms with Crippen molar-refractivity contribution in [2.45, 2.75) is 6.92 Å². The standard InChI is InChI=1S/C12H13F2N2/c1-8-6-9(13)7-10(14)11(8)12-15(2)4-5-16(12)3/h4-7H,1-3H3/q+1. The third-order valence-corrected chi connectivity index (χ3v) is 2.66. The maximum Gasteiger partial charge on any atom is 0.291 e. The molecule has 1 heterocycles. The lowest BCUT2D eigenvalue weighted by atomic mass is 10.1. The third kappa shape index (κ3) is 1.60. The van der Waals surface area contributed by atoms with Gasteiger partial charge in [-0.2, -0.15) is 0 Å². The number of rotatable bonds is 1. The first-order valence-electron chi connectivity index (χ1n) is 4.97. The van der Waals surface area contributed by atoms with Crippen molar-refractivity contribution < 1.29 is 13.3 Å². The lowest BCUT2D eigenvalue weighted by molar-refractivity contribution is -0.659. The molecule has 2 aromatic rings. The van der Waals surface area contributed by atoms with Gasteiger partial charge in [0.2, 0.25) is 0 Å². The molecule has 0 fully saturated rings. The van der Waals surface area contributed by atoms with E-state index in [1.165, 1.54) is 6.07 Å². The van der Waals surface area contributed by atoms with Gasteiger partial charge in [0, 0.05) is 6.07 Å². The molecule has 0 spiro atoms. The van der Waals surface area contributed by atoms with Crippen molar-refractivity contribution in [1.82, 2.24) is 4.57 Å². The molecular weight excluding hydrogens is 210 g/mol. The van der Waals surface area contributed by atoms with Gasteiger partial charge in [0.1, 0.15) is 29.6 Å². The lowest BCUT2D eigenvalue weighted by Gasteiger charge is -2.05. The summed E-state index contributed by atoms with van der Waals surface area (Å²) >= 11 is 0. The molecule has 0 amide bonds. The van der Waals surface area contributed by atoms with Gasteiger partial charge in [0.25, 0.3) is 5.82 Å². The fourth-order valence-corrected chi connectivity index (χ4v) is 1.93. The molecule has 0 aliphatic heterocycles. The van der Waals surface area contributed by atoms with Gasteiger partial charge in [-0.1, -0.05) is 0 Å². The Balaban J connectivity index is 2.74.